The molecule has 19 heavy (non-hydrogen) atoms. The summed E-state index contributed by atoms with van der Waals surface area (Å²) in [4.78, 5) is 0. The van der Waals surface area contributed by atoms with E-state index in [-0.39, 0.29) is 0 Å². The van der Waals surface area contributed by atoms with E-state index in [4.69, 9.17) is 16.3 Å². The lowest BCUT2D eigenvalue weighted by Crippen LogP contribution is -1.98. The van der Waals surface area contributed by atoms with E-state index in [0.717, 1.165) is 11.1 Å². The fraction of sp³-hybridized carbons (Fsp3) is 0.250. The van der Waals surface area contributed by atoms with Gasteiger partial charge in [-0.2, -0.15) is 0 Å². The van der Waals surface area contributed by atoms with Crippen molar-refractivity contribution in [1.82, 2.24) is 0 Å². The number of aryl methyl sites for hydroxylation is 1. The number of hydrogen-bond acceptors (Lipinski definition) is 2. The zero-order chi connectivity index (χ0) is 13.8. The van der Waals surface area contributed by atoms with Crippen LogP contribution in [0.1, 0.15) is 30.6 Å². The second kappa shape index (κ2) is 6.09. The van der Waals surface area contributed by atoms with Crippen molar-refractivity contribution in [1.29, 1.82) is 0 Å². The molecule has 1 N–H and O–H groups in total. The number of aliphatic hydroxyl groups is 1. The lowest BCUT2D eigenvalue weighted by Gasteiger charge is -2.15. The molecule has 0 radical (unpaired) electrons. The van der Waals surface area contributed by atoms with Gasteiger partial charge in [0.15, 0.2) is 0 Å². The Balaban J connectivity index is 2.33. The molecular weight excluding hydrogens is 260 g/mol. The molecule has 0 spiro atoms. The maximum atomic E-state index is 9.99. The Morgan fingerprint density at radius 2 is 1.89 bits per heavy atom. The van der Waals surface area contributed by atoms with Gasteiger partial charge in [0.2, 0.25) is 0 Å². The summed E-state index contributed by atoms with van der Waals surface area (Å²) in [5, 5.41) is 10.6. The van der Waals surface area contributed by atoms with Gasteiger partial charge in [0.05, 0.1) is 11.1 Å². The first-order valence-corrected chi connectivity index (χ1v) is 6.70. The quantitative estimate of drug-likeness (QED) is 0.862. The molecule has 1 atom stereocenters. The van der Waals surface area contributed by atoms with Gasteiger partial charge in [-0.3, -0.25) is 0 Å². The fourth-order valence-electron chi connectivity index (χ4n) is 1.88. The summed E-state index contributed by atoms with van der Waals surface area (Å²) in [5.74, 6) is 1.24. The van der Waals surface area contributed by atoms with E-state index < -0.39 is 6.10 Å². The largest absolute Gasteiger partial charge is 0.455 e. The second-order valence-electron chi connectivity index (χ2n) is 4.50. The van der Waals surface area contributed by atoms with Crippen LogP contribution in [0.25, 0.3) is 0 Å². The van der Waals surface area contributed by atoms with Gasteiger partial charge >= 0.3 is 0 Å². The van der Waals surface area contributed by atoms with Crippen molar-refractivity contribution in [3.05, 3.63) is 58.6 Å². The van der Waals surface area contributed by atoms with Gasteiger partial charge in [-0.15, -0.1) is 0 Å². The summed E-state index contributed by atoms with van der Waals surface area (Å²) in [6, 6.07) is 13.1. The van der Waals surface area contributed by atoms with E-state index >= 15 is 0 Å². The van der Waals surface area contributed by atoms with Crippen LogP contribution in [0.2, 0.25) is 5.02 Å². The predicted molar refractivity (Wildman–Crippen MR) is 78.0 cm³/mol. The highest BCUT2D eigenvalue weighted by molar-refractivity contribution is 6.32. The minimum atomic E-state index is -0.527. The van der Waals surface area contributed by atoms with Gasteiger partial charge in [0.25, 0.3) is 0 Å². The third kappa shape index (κ3) is 3.28. The van der Waals surface area contributed by atoms with E-state index in [1.54, 1.807) is 0 Å². The molecule has 2 aromatic carbocycles. The van der Waals surface area contributed by atoms with Gasteiger partial charge in [-0.25, -0.2) is 0 Å². The number of aliphatic hydroxyl groups excluding tert-OH is 1. The lowest BCUT2D eigenvalue weighted by atomic mass is 10.1. The number of rotatable bonds is 4. The molecule has 0 amide bonds. The third-order valence-corrected chi connectivity index (χ3v) is 3.27. The zero-order valence-electron chi connectivity index (χ0n) is 11.1. The standard InChI is InChI=1S/C16H17ClO2/c1-3-14(18)12-6-4-5-7-15(12)19-16-9-8-11(2)10-13(16)17/h4-10,14,18H,3H2,1-2H3/t14-/m1/s1. The van der Waals surface area contributed by atoms with Crippen LogP contribution in [0.15, 0.2) is 42.5 Å². The topological polar surface area (TPSA) is 29.5 Å². The minimum absolute atomic E-state index is 0.527. The molecule has 0 fully saturated rings. The summed E-state index contributed by atoms with van der Waals surface area (Å²) in [7, 11) is 0. The molecule has 0 heterocycles. The smallest absolute Gasteiger partial charge is 0.146 e. The molecule has 0 aromatic heterocycles. The Kier molecular flexibility index (Phi) is 4.46. The van der Waals surface area contributed by atoms with E-state index in [1.165, 1.54) is 0 Å². The van der Waals surface area contributed by atoms with Crippen molar-refractivity contribution in [2.45, 2.75) is 26.4 Å². The van der Waals surface area contributed by atoms with Crippen molar-refractivity contribution in [2.24, 2.45) is 0 Å². The van der Waals surface area contributed by atoms with Crippen LogP contribution in [0.3, 0.4) is 0 Å². The normalized spacial score (nSPS) is 12.2. The minimum Gasteiger partial charge on any atom is -0.455 e. The molecule has 0 bridgehead atoms. The van der Waals surface area contributed by atoms with Crippen molar-refractivity contribution in [2.75, 3.05) is 0 Å². The Morgan fingerprint density at radius 1 is 1.16 bits per heavy atom. The highest BCUT2D eigenvalue weighted by atomic mass is 35.5. The summed E-state index contributed by atoms with van der Waals surface area (Å²) >= 11 is 6.16. The zero-order valence-corrected chi connectivity index (χ0v) is 11.8. The van der Waals surface area contributed by atoms with Crippen LogP contribution in [0.5, 0.6) is 11.5 Å². The van der Waals surface area contributed by atoms with Crippen LogP contribution in [0, 0.1) is 6.92 Å². The summed E-state index contributed by atoms with van der Waals surface area (Å²) in [6.07, 6.45) is 0.113. The van der Waals surface area contributed by atoms with Crippen molar-refractivity contribution < 1.29 is 9.84 Å². The molecule has 100 valence electrons. The fourth-order valence-corrected chi connectivity index (χ4v) is 2.15. The first-order valence-electron chi connectivity index (χ1n) is 6.32. The van der Waals surface area contributed by atoms with Gasteiger partial charge in [0.1, 0.15) is 11.5 Å². The van der Waals surface area contributed by atoms with Gasteiger partial charge in [-0.1, -0.05) is 42.8 Å². The maximum absolute atomic E-state index is 9.99. The Bertz CT molecular complexity index is 566. The van der Waals surface area contributed by atoms with E-state index in [0.29, 0.717) is 22.9 Å². The Morgan fingerprint density at radius 3 is 2.58 bits per heavy atom. The number of halogens is 1. The van der Waals surface area contributed by atoms with Crippen molar-refractivity contribution in [3.63, 3.8) is 0 Å². The van der Waals surface area contributed by atoms with Crippen LogP contribution in [0.4, 0.5) is 0 Å². The SMILES string of the molecule is CC[C@@H](O)c1ccccc1Oc1ccc(C)cc1Cl. The molecule has 2 rings (SSSR count). The molecule has 3 heteroatoms. The first-order chi connectivity index (χ1) is 9.11. The van der Waals surface area contributed by atoms with Crippen molar-refractivity contribution in [3.8, 4) is 11.5 Å². The van der Waals surface area contributed by atoms with Crippen molar-refractivity contribution >= 4 is 11.6 Å². The molecule has 0 unspecified atom stereocenters. The Labute approximate surface area is 118 Å². The monoisotopic (exact) mass is 276 g/mol. The molecule has 0 aliphatic rings. The highest BCUT2D eigenvalue weighted by Gasteiger charge is 2.12. The van der Waals surface area contributed by atoms with Crippen LogP contribution >= 0.6 is 11.6 Å². The highest BCUT2D eigenvalue weighted by Crippen LogP contribution is 2.34. The maximum Gasteiger partial charge on any atom is 0.146 e. The predicted octanol–water partition coefficient (Wildman–Crippen LogP) is 4.88. The van der Waals surface area contributed by atoms with Crippen LogP contribution < -0.4 is 4.74 Å². The summed E-state index contributed by atoms with van der Waals surface area (Å²) in [5.41, 5.74) is 1.86. The van der Waals surface area contributed by atoms with E-state index in [2.05, 4.69) is 0 Å². The Hall–Kier alpha value is -1.51. The van der Waals surface area contributed by atoms with E-state index in [9.17, 15) is 5.11 Å². The van der Waals surface area contributed by atoms with Gasteiger partial charge < -0.3 is 9.84 Å². The number of para-hydroxylation sites is 1. The van der Waals surface area contributed by atoms with E-state index in [1.807, 2.05) is 56.3 Å². The van der Waals surface area contributed by atoms with Crippen LogP contribution in [-0.4, -0.2) is 5.11 Å². The molecule has 0 saturated heterocycles. The average molecular weight is 277 g/mol. The summed E-state index contributed by atoms with van der Waals surface area (Å²) < 4.78 is 5.83. The first kappa shape index (κ1) is 13.9. The molecule has 0 aliphatic carbocycles. The average Bonchev–Trinajstić information content (AvgIpc) is 2.41. The van der Waals surface area contributed by atoms with Gasteiger partial charge in [-0.05, 0) is 37.1 Å². The second-order valence-corrected chi connectivity index (χ2v) is 4.91. The molecule has 2 nitrogen and oxygen atoms in total. The number of benzene rings is 2. The molecular formula is C16H17ClO2. The third-order valence-electron chi connectivity index (χ3n) is 2.97. The molecule has 2 aromatic rings. The van der Waals surface area contributed by atoms with Gasteiger partial charge in [0, 0.05) is 5.56 Å². The number of hydrogen-bond donors (Lipinski definition) is 1. The lowest BCUT2D eigenvalue weighted by molar-refractivity contribution is 0.170. The molecule has 0 aliphatic heterocycles. The number of ether oxygens (including phenoxy) is 1. The molecule has 0 saturated carbocycles. The summed E-state index contributed by atoms with van der Waals surface area (Å²) in [6.45, 7) is 3.91. The van der Waals surface area contributed by atoms with Crippen LogP contribution in [-0.2, 0) is 0 Å².